The molecule has 2 saturated heterocycles. The Bertz CT molecular complexity index is 500. The zero-order valence-corrected chi connectivity index (χ0v) is 14.0. The molecule has 0 spiro atoms. The molecule has 3 aliphatic heterocycles. The smallest absolute Gasteiger partial charge is 0.270 e. The molecule has 0 aromatic carbocycles. The number of piperidine rings is 1. The largest absolute Gasteiger partial charge is 0.376 e. The van der Waals surface area contributed by atoms with Gasteiger partial charge in [-0.05, 0) is 19.8 Å². The zero-order valence-electron chi connectivity index (χ0n) is 14.0. The van der Waals surface area contributed by atoms with E-state index in [0.29, 0.717) is 30.7 Å². The lowest BCUT2D eigenvalue weighted by Crippen LogP contribution is -2.52. The predicted octanol–water partition coefficient (Wildman–Crippen LogP) is 0.306. The van der Waals surface area contributed by atoms with E-state index in [1.54, 1.807) is 7.05 Å². The second-order valence-electron chi connectivity index (χ2n) is 6.66. The lowest BCUT2D eigenvalue weighted by molar-refractivity contribution is -0.131. The summed E-state index contributed by atoms with van der Waals surface area (Å²) in [6.45, 7) is 6.43. The first-order chi connectivity index (χ1) is 11.0. The highest BCUT2D eigenvalue weighted by atomic mass is 16.5. The Kier molecular flexibility index (Phi) is 4.96. The summed E-state index contributed by atoms with van der Waals surface area (Å²) in [4.78, 5) is 28.4. The molecule has 3 rings (SSSR count). The van der Waals surface area contributed by atoms with E-state index in [0.717, 1.165) is 45.6 Å². The van der Waals surface area contributed by atoms with E-state index in [2.05, 4.69) is 16.9 Å². The van der Waals surface area contributed by atoms with Gasteiger partial charge < -0.3 is 9.64 Å². The van der Waals surface area contributed by atoms with E-state index in [1.165, 1.54) is 5.01 Å². The molecule has 23 heavy (non-hydrogen) atoms. The number of likely N-dealkylation sites (tertiary alicyclic amines) is 1. The Morgan fingerprint density at radius 2 is 1.96 bits per heavy atom. The Labute approximate surface area is 137 Å². The van der Waals surface area contributed by atoms with Crippen LogP contribution >= 0.6 is 0 Å². The van der Waals surface area contributed by atoms with Crippen LogP contribution in [0.25, 0.3) is 0 Å². The SMILES string of the molecule is CC1CN(C2CCN(C(=O)C3=NN(C)C(=O)CC3)CC2)CCO1. The molecule has 0 aromatic heterocycles. The minimum Gasteiger partial charge on any atom is -0.376 e. The van der Waals surface area contributed by atoms with E-state index >= 15 is 0 Å². The van der Waals surface area contributed by atoms with Gasteiger partial charge in [-0.25, -0.2) is 5.01 Å². The average molecular weight is 322 g/mol. The van der Waals surface area contributed by atoms with Crippen molar-refractivity contribution in [3.05, 3.63) is 0 Å². The molecule has 0 radical (unpaired) electrons. The molecule has 128 valence electrons. The minimum atomic E-state index is -0.0262. The van der Waals surface area contributed by atoms with Crippen LogP contribution in [0.4, 0.5) is 0 Å². The summed E-state index contributed by atoms with van der Waals surface area (Å²) in [5, 5.41) is 5.43. The molecule has 2 fully saturated rings. The van der Waals surface area contributed by atoms with Crippen LogP contribution in [-0.4, -0.2) is 84.3 Å². The van der Waals surface area contributed by atoms with Crippen molar-refractivity contribution in [1.82, 2.24) is 14.8 Å². The fourth-order valence-electron chi connectivity index (χ4n) is 3.62. The first kappa shape index (κ1) is 16.4. The van der Waals surface area contributed by atoms with Crippen LogP contribution in [0.15, 0.2) is 5.10 Å². The summed E-state index contributed by atoms with van der Waals surface area (Å²) in [7, 11) is 1.61. The molecular weight excluding hydrogens is 296 g/mol. The van der Waals surface area contributed by atoms with Gasteiger partial charge in [0.05, 0.1) is 12.7 Å². The van der Waals surface area contributed by atoms with Crippen LogP contribution in [0.2, 0.25) is 0 Å². The molecule has 1 atom stereocenters. The van der Waals surface area contributed by atoms with Gasteiger partial charge in [-0.1, -0.05) is 0 Å². The van der Waals surface area contributed by atoms with Gasteiger partial charge >= 0.3 is 0 Å². The monoisotopic (exact) mass is 322 g/mol. The first-order valence-electron chi connectivity index (χ1n) is 8.53. The van der Waals surface area contributed by atoms with E-state index < -0.39 is 0 Å². The molecule has 0 saturated carbocycles. The number of morpholine rings is 1. The average Bonchev–Trinajstić information content (AvgIpc) is 2.57. The third-order valence-electron chi connectivity index (χ3n) is 4.99. The number of amides is 2. The summed E-state index contributed by atoms with van der Waals surface area (Å²) in [6, 6.07) is 0.544. The standard InChI is InChI=1S/C16H26N4O3/c1-12-11-20(9-10-23-12)13-5-7-19(8-6-13)16(22)14-3-4-15(21)18(2)17-14/h12-13H,3-11H2,1-2H3. The van der Waals surface area contributed by atoms with Crippen molar-refractivity contribution in [2.75, 3.05) is 39.8 Å². The van der Waals surface area contributed by atoms with Crippen molar-refractivity contribution < 1.29 is 14.3 Å². The Balaban J connectivity index is 1.53. The van der Waals surface area contributed by atoms with Gasteiger partial charge in [-0.3, -0.25) is 14.5 Å². The van der Waals surface area contributed by atoms with E-state index in [-0.39, 0.29) is 11.8 Å². The van der Waals surface area contributed by atoms with Crippen LogP contribution < -0.4 is 0 Å². The number of ether oxygens (including phenoxy) is 1. The highest BCUT2D eigenvalue weighted by Crippen LogP contribution is 2.20. The van der Waals surface area contributed by atoms with Crippen LogP contribution in [0.5, 0.6) is 0 Å². The Morgan fingerprint density at radius 3 is 2.61 bits per heavy atom. The zero-order chi connectivity index (χ0) is 16.4. The summed E-state index contributed by atoms with van der Waals surface area (Å²) < 4.78 is 5.60. The molecule has 3 aliphatic rings. The molecule has 2 amide bonds. The number of hydrogen-bond donors (Lipinski definition) is 0. The maximum Gasteiger partial charge on any atom is 0.270 e. The van der Waals surface area contributed by atoms with Crippen LogP contribution in [0.1, 0.15) is 32.6 Å². The first-order valence-corrected chi connectivity index (χ1v) is 8.53. The maximum atomic E-state index is 12.6. The number of carbonyl (C=O) groups excluding carboxylic acids is 2. The van der Waals surface area contributed by atoms with Gasteiger partial charge in [0.25, 0.3) is 5.91 Å². The molecule has 0 N–H and O–H groups in total. The van der Waals surface area contributed by atoms with Gasteiger partial charge in [0, 0.05) is 52.1 Å². The van der Waals surface area contributed by atoms with Crippen molar-refractivity contribution in [1.29, 1.82) is 0 Å². The lowest BCUT2D eigenvalue weighted by Gasteiger charge is -2.41. The lowest BCUT2D eigenvalue weighted by atomic mass is 10.0. The van der Waals surface area contributed by atoms with Crippen LogP contribution in [0, 0.1) is 0 Å². The number of nitrogens with zero attached hydrogens (tertiary/aromatic N) is 4. The molecule has 1 unspecified atom stereocenters. The highest BCUT2D eigenvalue weighted by molar-refractivity contribution is 6.39. The molecule has 0 aromatic rings. The molecule has 0 aliphatic carbocycles. The maximum absolute atomic E-state index is 12.6. The minimum absolute atomic E-state index is 0.00172. The molecular formula is C16H26N4O3. The van der Waals surface area contributed by atoms with Gasteiger partial charge in [0.2, 0.25) is 5.91 Å². The summed E-state index contributed by atoms with van der Waals surface area (Å²) in [6.07, 6.45) is 3.14. The van der Waals surface area contributed by atoms with E-state index in [4.69, 9.17) is 4.74 Å². The van der Waals surface area contributed by atoms with Crippen molar-refractivity contribution in [3.8, 4) is 0 Å². The Hall–Kier alpha value is -1.47. The third kappa shape index (κ3) is 3.72. The van der Waals surface area contributed by atoms with Crippen LogP contribution in [-0.2, 0) is 14.3 Å². The molecule has 7 heteroatoms. The molecule has 0 bridgehead atoms. The number of carbonyl (C=O) groups is 2. The quantitative estimate of drug-likeness (QED) is 0.734. The second kappa shape index (κ2) is 6.97. The summed E-state index contributed by atoms with van der Waals surface area (Å²) in [5.41, 5.74) is 0.519. The Morgan fingerprint density at radius 1 is 1.22 bits per heavy atom. The summed E-state index contributed by atoms with van der Waals surface area (Å²) in [5.74, 6) is -0.0279. The summed E-state index contributed by atoms with van der Waals surface area (Å²) >= 11 is 0. The molecule has 3 heterocycles. The predicted molar refractivity (Wildman–Crippen MR) is 86.0 cm³/mol. The fourth-order valence-corrected chi connectivity index (χ4v) is 3.62. The topological polar surface area (TPSA) is 65.5 Å². The van der Waals surface area contributed by atoms with Gasteiger partial charge in [0.15, 0.2) is 0 Å². The highest BCUT2D eigenvalue weighted by Gasteiger charge is 2.32. The van der Waals surface area contributed by atoms with E-state index in [9.17, 15) is 9.59 Å². The van der Waals surface area contributed by atoms with Crippen molar-refractivity contribution in [3.63, 3.8) is 0 Å². The number of hydrogen-bond acceptors (Lipinski definition) is 5. The molecule has 7 nitrogen and oxygen atoms in total. The van der Waals surface area contributed by atoms with Gasteiger partial charge in [0.1, 0.15) is 5.71 Å². The van der Waals surface area contributed by atoms with Crippen molar-refractivity contribution in [2.24, 2.45) is 5.10 Å². The van der Waals surface area contributed by atoms with Gasteiger partial charge in [-0.2, -0.15) is 5.10 Å². The second-order valence-corrected chi connectivity index (χ2v) is 6.66. The number of hydrazone groups is 1. The van der Waals surface area contributed by atoms with E-state index in [1.807, 2.05) is 4.90 Å². The van der Waals surface area contributed by atoms with Gasteiger partial charge in [-0.15, -0.1) is 0 Å². The van der Waals surface area contributed by atoms with Crippen molar-refractivity contribution in [2.45, 2.75) is 44.8 Å². The normalized spacial score (nSPS) is 28.0. The number of rotatable bonds is 2. The van der Waals surface area contributed by atoms with Crippen molar-refractivity contribution >= 4 is 17.5 Å². The third-order valence-corrected chi connectivity index (χ3v) is 4.99. The van der Waals surface area contributed by atoms with Crippen LogP contribution in [0.3, 0.4) is 0 Å². The fraction of sp³-hybridized carbons (Fsp3) is 0.812.